The van der Waals surface area contributed by atoms with Crippen molar-refractivity contribution in [2.24, 2.45) is 11.7 Å². The van der Waals surface area contributed by atoms with Crippen LogP contribution in [0.5, 0.6) is 0 Å². The first kappa shape index (κ1) is 14.1. The van der Waals surface area contributed by atoms with Gasteiger partial charge < -0.3 is 20.6 Å². The molecule has 2 saturated heterocycles. The standard InChI is InChI=1S/C14H21N5O2/c15-14(21)19-7-11(8-19)12-13(17-4-3-16-12)18-5-1-10(9-20)2-6-18/h3-4,10-11,20H,1-2,5-9H2,(H2,15,21). The Morgan fingerprint density at radius 2 is 1.95 bits per heavy atom. The molecule has 0 radical (unpaired) electrons. The SMILES string of the molecule is NC(=O)N1CC(c2nccnc2N2CCC(CO)CC2)C1. The van der Waals surface area contributed by atoms with Gasteiger partial charge in [0.15, 0.2) is 5.82 Å². The Morgan fingerprint density at radius 3 is 2.57 bits per heavy atom. The van der Waals surface area contributed by atoms with Crippen LogP contribution in [0.25, 0.3) is 0 Å². The van der Waals surface area contributed by atoms with Gasteiger partial charge in [-0.2, -0.15) is 0 Å². The lowest BCUT2D eigenvalue weighted by Gasteiger charge is -2.40. The first-order chi connectivity index (χ1) is 10.2. The summed E-state index contributed by atoms with van der Waals surface area (Å²) in [6.07, 6.45) is 5.36. The lowest BCUT2D eigenvalue weighted by Crippen LogP contribution is -2.51. The van der Waals surface area contributed by atoms with Crippen molar-refractivity contribution >= 4 is 11.8 Å². The number of rotatable bonds is 3. The highest BCUT2D eigenvalue weighted by molar-refractivity contribution is 5.73. The van der Waals surface area contributed by atoms with Crippen molar-refractivity contribution in [1.82, 2.24) is 14.9 Å². The molecule has 0 unspecified atom stereocenters. The lowest BCUT2D eigenvalue weighted by atomic mass is 9.94. The number of primary amides is 1. The third-order valence-corrected chi connectivity index (χ3v) is 4.46. The number of aliphatic hydroxyl groups is 1. The number of amides is 2. The fourth-order valence-corrected chi connectivity index (χ4v) is 3.03. The predicted octanol–water partition coefficient (Wildman–Crippen LogP) is 0.163. The van der Waals surface area contributed by atoms with E-state index < -0.39 is 0 Å². The van der Waals surface area contributed by atoms with Crippen molar-refractivity contribution in [3.05, 3.63) is 18.1 Å². The average molecular weight is 291 g/mol. The molecule has 114 valence electrons. The van der Waals surface area contributed by atoms with E-state index in [4.69, 9.17) is 5.73 Å². The molecule has 3 heterocycles. The van der Waals surface area contributed by atoms with Crippen LogP contribution in [0.3, 0.4) is 0 Å². The van der Waals surface area contributed by atoms with Gasteiger partial charge in [0.05, 0.1) is 5.69 Å². The van der Waals surface area contributed by atoms with Gasteiger partial charge in [0.25, 0.3) is 0 Å². The van der Waals surface area contributed by atoms with Gasteiger partial charge in [-0.05, 0) is 18.8 Å². The summed E-state index contributed by atoms with van der Waals surface area (Å²) in [5, 5.41) is 9.22. The van der Waals surface area contributed by atoms with Gasteiger partial charge >= 0.3 is 6.03 Å². The lowest BCUT2D eigenvalue weighted by molar-refractivity contribution is 0.158. The Bertz CT molecular complexity index is 510. The monoisotopic (exact) mass is 291 g/mol. The van der Waals surface area contributed by atoms with Crippen LogP contribution in [-0.4, -0.2) is 58.8 Å². The number of aromatic nitrogens is 2. The number of urea groups is 1. The zero-order valence-electron chi connectivity index (χ0n) is 12.0. The van der Waals surface area contributed by atoms with Gasteiger partial charge in [0, 0.05) is 51.1 Å². The van der Waals surface area contributed by atoms with Crippen molar-refractivity contribution in [2.45, 2.75) is 18.8 Å². The number of anilines is 1. The van der Waals surface area contributed by atoms with Crippen LogP contribution < -0.4 is 10.6 Å². The normalized spacial score (nSPS) is 20.4. The molecule has 3 N–H and O–H groups in total. The van der Waals surface area contributed by atoms with Gasteiger partial charge in [0.1, 0.15) is 0 Å². The van der Waals surface area contributed by atoms with Crippen molar-refractivity contribution in [3.8, 4) is 0 Å². The van der Waals surface area contributed by atoms with Crippen molar-refractivity contribution < 1.29 is 9.90 Å². The van der Waals surface area contributed by atoms with Gasteiger partial charge in [-0.1, -0.05) is 0 Å². The first-order valence-electron chi connectivity index (χ1n) is 7.40. The summed E-state index contributed by atoms with van der Waals surface area (Å²) in [6, 6.07) is -0.375. The molecule has 1 aromatic heterocycles. The van der Waals surface area contributed by atoms with Gasteiger partial charge in [-0.25, -0.2) is 9.78 Å². The quantitative estimate of drug-likeness (QED) is 0.827. The number of carbonyl (C=O) groups excluding carboxylic acids is 1. The third-order valence-electron chi connectivity index (χ3n) is 4.46. The maximum Gasteiger partial charge on any atom is 0.314 e. The van der Waals surface area contributed by atoms with Crippen molar-refractivity contribution in [1.29, 1.82) is 0 Å². The Hall–Kier alpha value is -1.89. The van der Waals surface area contributed by atoms with Gasteiger partial charge in [0.2, 0.25) is 0 Å². The van der Waals surface area contributed by atoms with E-state index in [0.717, 1.165) is 37.4 Å². The molecule has 7 heteroatoms. The minimum Gasteiger partial charge on any atom is -0.396 e. The van der Waals surface area contributed by atoms with Crippen LogP contribution in [0.4, 0.5) is 10.6 Å². The molecule has 0 aliphatic carbocycles. The van der Waals surface area contributed by atoms with E-state index in [1.807, 2.05) is 0 Å². The molecule has 1 aromatic rings. The molecule has 0 spiro atoms. The molecule has 2 fully saturated rings. The third kappa shape index (κ3) is 2.78. The topological polar surface area (TPSA) is 95.6 Å². The van der Waals surface area contributed by atoms with Crippen LogP contribution in [-0.2, 0) is 0 Å². The van der Waals surface area contributed by atoms with E-state index in [1.54, 1.807) is 17.3 Å². The Morgan fingerprint density at radius 1 is 1.29 bits per heavy atom. The summed E-state index contributed by atoms with van der Waals surface area (Å²) in [5.74, 6) is 1.54. The second kappa shape index (κ2) is 5.85. The number of nitrogens with two attached hydrogens (primary N) is 1. The van der Waals surface area contributed by atoms with E-state index in [2.05, 4.69) is 14.9 Å². The fourth-order valence-electron chi connectivity index (χ4n) is 3.03. The van der Waals surface area contributed by atoms with Crippen LogP contribution in [0.2, 0.25) is 0 Å². The molecule has 0 saturated carbocycles. The second-order valence-corrected chi connectivity index (χ2v) is 5.82. The molecule has 7 nitrogen and oxygen atoms in total. The molecule has 0 bridgehead atoms. The minimum absolute atomic E-state index is 0.219. The number of hydrogen-bond acceptors (Lipinski definition) is 5. The smallest absolute Gasteiger partial charge is 0.314 e. The Balaban J connectivity index is 1.71. The Kier molecular flexibility index (Phi) is 3.92. The summed E-state index contributed by atoms with van der Waals surface area (Å²) in [7, 11) is 0. The van der Waals surface area contributed by atoms with Crippen LogP contribution in [0.15, 0.2) is 12.4 Å². The molecule has 0 aromatic carbocycles. The molecule has 3 rings (SSSR count). The minimum atomic E-state index is -0.375. The highest BCUT2D eigenvalue weighted by atomic mass is 16.3. The zero-order chi connectivity index (χ0) is 14.8. The number of aliphatic hydroxyl groups excluding tert-OH is 1. The second-order valence-electron chi connectivity index (χ2n) is 5.82. The van der Waals surface area contributed by atoms with Gasteiger partial charge in [-0.3, -0.25) is 4.98 Å². The van der Waals surface area contributed by atoms with Crippen LogP contribution in [0, 0.1) is 5.92 Å². The number of hydrogen-bond donors (Lipinski definition) is 2. The highest BCUT2D eigenvalue weighted by Crippen LogP contribution is 2.32. The van der Waals surface area contributed by atoms with Crippen LogP contribution in [0.1, 0.15) is 24.5 Å². The fraction of sp³-hybridized carbons (Fsp3) is 0.643. The van der Waals surface area contributed by atoms with Crippen LogP contribution >= 0.6 is 0 Å². The largest absolute Gasteiger partial charge is 0.396 e. The summed E-state index contributed by atoms with van der Waals surface area (Å²) < 4.78 is 0. The number of piperidine rings is 1. The molecular formula is C14H21N5O2. The Labute approximate surface area is 123 Å². The summed E-state index contributed by atoms with van der Waals surface area (Å²) in [4.78, 5) is 23.9. The average Bonchev–Trinajstić information content (AvgIpc) is 2.46. The van der Waals surface area contributed by atoms with E-state index >= 15 is 0 Å². The summed E-state index contributed by atoms with van der Waals surface area (Å²) in [6.45, 7) is 3.28. The summed E-state index contributed by atoms with van der Waals surface area (Å²) >= 11 is 0. The van der Waals surface area contributed by atoms with Crippen molar-refractivity contribution in [2.75, 3.05) is 37.7 Å². The van der Waals surface area contributed by atoms with Gasteiger partial charge in [-0.15, -0.1) is 0 Å². The van der Waals surface area contributed by atoms with E-state index in [0.29, 0.717) is 19.0 Å². The van der Waals surface area contributed by atoms with Crippen molar-refractivity contribution in [3.63, 3.8) is 0 Å². The molecule has 21 heavy (non-hydrogen) atoms. The maximum absolute atomic E-state index is 11.1. The number of likely N-dealkylation sites (tertiary alicyclic amines) is 1. The highest BCUT2D eigenvalue weighted by Gasteiger charge is 2.34. The molecular weight excluding hydrogens is 270 g/mol. The molecule has 2 aliphatic rings. The number of nitrogens with zero attached hydrogens (tertiary/aromatic N) is 4. The zero-order valence-corrected chi connectivity index (χ0v) is 12.0. The molecule has 2 aliphatic heterocycles. The van der Waals surface area contributed by atoms with E-state index in [9.17, 15) is 9.90 Å². The first-order valence-corrected chi connectivity index (χ1v) is 7.40. The maximum atomic E-state index is 11.1. The van der Waals surface area contributed by atoms with E-state index in [1.165, 1.54) is 0 Å². The molecule has 2 amide bonds. The predicted molar refractivity (Wildman–Crippen MR) is 78.0 cm³/mol. The number of carbonyl (C=O) groups is 1. The summed E-state index contributed by atoms with van der Waals surface area (Å²) in [5.41, 5.74) is 6.22. The van der Waals surface area contributed by atoms with E-state index in [-0.39, 0.29) is 18.6 Å². The molecule has 0 atom stereocenters.